The number of carbonyl (C=O) groups is 2. The van der Waals surface area contributed by atoms with Gasteiger partial charge >= 0.3 is 18.4 Å². The van der Waals surface area contributed by atoms with Gasteiger partial charge in [-0.2, -0.15) is 26.3 Å². The lowest BCUT2D eigenvalue weighted by Gasteiger charge is -2.34. The van der Waals surface area contributed by atoms with Crippen LogP contribution in [0.1, 0.15) is 49.9 Å². The van der Waals surface area contributed by atoms with Gasteiger partial charge in [0.1, 0.15) is 18.5 Å². The third-order valence-electron chi connectivity index (χ3n) is 8.58. The summed E-state index contributed by atoms with van der Waals surface area (Å²) in [5, 5.41) is 0. The Morgan fingerprint density at radius 2 is 1.71 bits per heavy atom. The fourth-order valence-corrected chi connectivity index (χ4v) is 6.34. The monoisotopic (exact) mass is 603 g/mol. The van der Waals surface area contributed by atoms with Gasteiger partial charge in [-0.15, -0.1) is 0 Å². The van der Waals surface area contributed by atoms with Crippen LogP contribution in [0.5, 0.6) is 0 Å². The first-order chi connectivity index (χ1) is 19.8. The van der Waals surface area contributed by atoms with Gasteiger partial charge in [0.05, 0.1) is 31.1 Å². The summed E-state index contributed by atoms with van der Waals surface area (Å²) in [5.41, 5.74) is 0.169. The van der Waals surface area contributed by atoms with E-state index in [4.69, 9.17) is 9.47 Å². The SMILES string of the molecule is O=C(OCc1ccccc1)N1[C@H](C(F)(F)F)CC(CC(=O)C(F)(F)F)[C@@H]1COC1CCC2(c3ncc(F)cn3)CC2C1. The van der Waals surface area contributed by atoms with Crippen LogP contribution in [0.4, 0.5) is 35.5 Å². The van der Waals surface area contributed by atoms with Crippen molar-refractivity contribution in [3.8, 4) is 0 Å². The van der Waals surface area contributed by atoms with Crippen molar-refractivity contribution in [3.63, 3.8) is 0 Å². The zero-order chi connectivity index (χ0) is 30.3. The van der Waals surface area contributed by atoms with Crippen LogP contribution in [0.15, 0.2) is 42.7 Å². The van der Waals surface area contributed by atoms with E-state index in [0.717, 1.165) is 18.8 Å². The fraction of sp³-hybridized carbons (Fsp3) is 0.571. The summed E-state index contributed by atoms with van der Waals surface area (Å²) in [6.07, 6.45) is -9.72. The second-order valence-electron chi connectivity index (χ2n) is 11.2. The molecule has 2 saturated carbocycles. The standard InChI is InChI=1S/C28H28F7N3O4/c29-19-12-36-24(37-13-19)26-7-6-20(10-18(26)11-26)41-15-21-17(9-23(39)28(33,34)35)8-22(27(30,31)32)38(21)25(40)42-14-16-4-2-1-3-5-16/h1-5,12-13,17-18,20-22H,6-11,14-15H2/t17?,18?,20?,21-,22-,26?/m0/s1. The zero-order valence-corrected chi connectivity index (χ0v) is 22.2. The number of ketones is 1. The largest absolute Gasteiger partial charge is 0.449 e. The smallest absolute Gasteiger partial charge is 0.445 e. The Bertz CT molecular complexity index is 1280. The van der Waals surface area contributed by atoms with Gasteiger partial charge in [-0.1, -0.05) is 30.3 Å². The quantitative estimate of drug-likeness (QED) is 0.349. The molecular formula is C28H28F7N3O4. The minimum absolute atomic E-state index is 0.0859. The van der Waals surface area contributed by atoms with Crippen molar-refractivity contribution in [1.29, 1.82) is 0 Å². The molecule has 14 heteroatoms. The van der Waals surface area contributed by atoms with E-state index in [1.54, 1.807) is 30.3 Å². The van der Waals surface area contributed by atoms with E-state index in [9.17, 15) is 40.3 Å². The number of Topliss-reactive ketones (excluding diaryl/α,β-unsaturated/α-hetero) is 1. The highest BCUT2D eigenvalue weighted by atomic mass is 19.4. The maximum atomic E-state index is 14.1. The van der Waals surface area contributed by atoms with Crippen LogP contribution in [0.25, 0.3) is 0 Å². The number of amides is 1. The van der Waals surface area contributed by atoms with E-state index in [1.165, 1.54) is 0 Å². The third kappa shape index (κ3) is 6.37. The highest BCUT2D eigenvalue weighted by Gasteiger charge is 2.61. The van der Waals surface area contributed by atoms with Crippen LogP contribution in [-0.2, 0) is 26.3 Å². The van der Waals surface area contributed by atoms with Crippen LogP contribution in [0.3, 0.4) is 0 Å². The Morgan fingerprint density at radius 1 is 1.02 bits per heavy atom. The number of ether oxygens (including phenoxy) is 2. The first-order valence-corrected chi connectivity index (χ1v) is 13.5. The van der Waals surface area contributed by atoms with Gasteiger partial charge in [-0.25, -0.2) is 19.2 Å². The Hall–Kier alpha value is -3.29. The number of aromatic nitrogens is 2. The summed E-state index contributed by atoms with van der Waals surface area (Å²) in [5.74, 6) is -3.59. The first kappa shape index (κ1) is 30.2. The molecule has 0 spiro atoms. The number of likely N-dealkylation sites (tertiary alicyclic amines) is 1. The van der Waals surface area contributed by atoms with E-state index in [0.29, 0.717) is 35.6 Å². The molecule has 6 atom stereocenters. The Balaban J connectivity index is 1.31. The Kier molecular flexibility index (Phi) is 8.20. The van der Waals surface area contributed by atoms with E-state index in [1.807, 2.05) is 0 Å². The molecule has 1 aromatic heterocycles. The number of hydrogen-bond acceptors (Lipinski definition) is 6. The number of rotatable bonds is 8. The van der Waals surface area contributed by atoms with Crippen molar-refractivity contribution in [3.05, 3.63) is 59.9 Å². The molecule has 2 aromatic rings. The van der Waals surface area contributed by atoms with Crippen LogP contribution in [-0.4, -0.2) is 63.9 Å². The molecule has 1 aliphatic heterocycles. The summed E-state index contributed by atoms with van der Waals surface area (Å²) in [4.78, 5) is 33.5. The van der Waals surface area contributed by atoms with Gasteiger partial charge in [-0.05, 0) is 49.5 Å². The molecule has 4 unspecified atom stereocenters. The maximum absolute atomic E-state index is 14.1. The normalized spacial score (nSPS) is 29.2. The molecule has 2 aliphatic carbocycles. The van der Waals surface area contributed by atoms with E-state index >= 15 is 0 Å². The molecule has 0 N–H and O–H groups in total. The van der Waals surface area contributed by atoms with Crippen LogP contribution < -0.4 is 0 Å². The highest BCUT2D eigenvalue weighted by molar-refractivity contribution is 5.84. The third-order valence-corrected chi connectivity index (χ3v) is 8.58. The second kappa shape index (κ2) is 11.4. The van der Waals surface area contributed by atoms with Crippen molar-refractivity contribution in [2.45, 2.75) is 81.1 Å². The summed E-state index contributed by atoms with van der Waals surface area (Å²) in [7, 11) is 0. The number of alkyl halides is 6. The average molecular weight is 604 g/mol. The van der Waals surface area contributed by atoms with Crippen molar-refractivity contribution >= 4 is 11.9 Å². The molecule has 5 rings (SSSR count). The highest BCUT2D eigenvalue weighted by Crippen LogP contribution is 2.61. The topological polar surface area (TPSA) is 81.6 Å². The predicted molar refractivity (Wildman–Crippen MR) is 131 cm³/mol. The molecule has 0 radical (unpaired) electrons. The average Bonchev–Trinajstić information content (AvgIpc) is 3.56. The Labute approximate surface area is 236 Å². The fourth-order valence-electron chi connectivity index (χ4n) is 6.34. The molecule has 7 nitrogen and oxygen atoms in total. The molecule has 228 valence electrons. The van der Waals surface area contributed by atoms with Crippen LogP contribution >= 0.6 is 0 Å². The number of hydrogen-bond donors (Lipinski definition) is 0. The summed E-state index contributed by atoms with van der Waals surface area (Å²) in [6, 6.07) is 4.27. The van der Waals surface area contributed by atoms with E-state index in [-0.39, 0.29) is 17.9 Å². The number of nitrogens with zero attached hydrogens (tertiary/aromatic N) is 3. The molecule has 0 bridgehead atoms. The van der Waals surface area contributed by atoms with Gasteiger partial charge in [0, 0.05) is 11.8 Å². The number of halogens is 7. The van der Waals surface area contributed by atoms with Gasteiger partial charge in [0.25, 0.3) is 0 Å². The van der Waals surface area contributed by atoms with E-state index < -0.39 is 73.6 Å². The zero-order valence-electron chi connectivity index (χ0n) is 22.2. The summed E-state index contributed by atoms with van der Waals surface area (Å²) < 4.78 is 106. The van der Waals surface area contributed by atoms with Crippen LogP contribution in [0.2, 0.25) is 0 Å². The lowest BCUT2D eigenvalue weighted by Crippen LogP contribution is -2.50. The molecule has 2 heterocycles. The van der Waals surface area contributed by atoms with Gasteiger partial charge in [-0.3, -0.25) is 9.69 Å². The molecule has 1 saturated heterocycles. The minimum atomic E-state index is -5.23. The van der Waals surface area contributed by atoms with Gasteiger partial charge in [0.2, 0.25) is 5.78 Å². The van der Waals surface area contributed by atoms with Gasteiger partial charge in [0.15, 0.2) is 5.82 Å². The molecular weight excluding hydrogens is 575 g/mol. The lowest BCUT2D eigenvalue weighted by molar-refractivity contribution is -0.176. The number of carbonyl (C=O) groups excluding carboxylic acids is 2. The van der Waals surface area contributed by atoms with Crippen LogP contribution in [0, 0.1) is 17.7 Å². The first-order valence-electron chi connectivity index (χ1n) is 13.5. The minimum Gasteiger partial charge on any atom is -0.445 e. The predicted octanol–water partition coefficient (Wildman–Crippen LogP) is 5.92. The van der Waals surface area contributed by atoms with Crippen molar-refractivity contribution in [1.82, 2.24) is 14.9 Å². The summed E-state index contributed by atoms with van der Waals surface area (Å²) in [6.45, 7) is -0.849. The summed E-state index contributed by atoms with van der Waals surface area (Å²) >= 11 is 0. The van der Waals surface area contributed by atoms with Crippen molar-refractivity contribution in [2.24, 2.45) is 11.8 Å². The van der Waals surface area contributed by atoms with Gasteiger partial charge < -0.3 is 9.47 Å². The van der Waals surface area contributed by atoms with E-state index in [2.05, 4.69) is 9.97 Å². The maximum Gasteiger partial charge on any atom is 0.449 e. The lowest BCUT2D eigenvalue weighted by atomic mass is 9.86. The number of benzene rings is 1. The number of fused-ring (bicyclic) bond motifs is 1. The molecule has 3 aliphatic rings. The second-order valence-corrected chi connectivity index (χ2v) is 11.2. The van der Waals surface area contributed by atoms with Crippen molar-refractivity contribution in [2.75, 3.05) is 6.61 Å². The molecule has 1 aromatic carbocycles. The molecule has 1 amide bonds. The Morgan fingerprint density at radius 3 is 2.33 bits per heavy atom. The molecule has 42 heavy (non-hydrogen) atoms. The van der Waals surface area contributed by atoms with Crippen molar-refractivity contribution < 1.29 is 49.8 Å². The molecule has 3 fully saturated rings.